The summed E-state index contributed by atoms with van der Waals surface area (Å²) in [6.45, 7) is 2.95. The van der Waals surface area contributed by atoms with Crippen molar-refractivity contribution < 1.29 is 14.3 Å². The van der Waals surface area contributed by atoms with Crippen LogP contribution in [0.25, 0.3) is 10.8 Å². The van der Waals surface area contributed by atoms with E-state index in [0.717, 1.165) is 48.6 Å². The first-order chi connectivity index (χ1) is 13.6. The molecule has 2 aromatic rings. The first kappa shape index (κ1) is 20.2. The zero-order valence-corrected chi connectivity index (χ0v) is 16.6. The van der Waals surface area contributed by atoms with E-state index in [1.165, 1.54) is 0 Å². The van der Waals surface area contributed by atoms with Gasteiger partial charge in [0.15, 0.2) is 0 Å². The molecule has 1 aliphatic carbocycles. The Morgan fingerprint density at radius 1 is 1.04 bits per heavy atom. The fraction of sp³-hybridized carbons (Fsp3) is 0.478. The van der Waals surface area contributed by atoms with E-state index in [0.29, 0.717) is 26.0 Å². The summed E-state index contributed by atoms with van der Waals surface area (Å²) in [5, 5.41) is 8.14. The zero-order chi connectivity index (χ0) is 19.8. The van der Waals surface area contributed by atoms with Crippen molar-refractivity contribution in [2.45, 2.75) is 57.4 Å². The number of fused-ring (bicyclic) bond motifs is 1. The molecule has 0 heterocycles. The highest BCUT2D eigenvalue weighted by molar-refractivity contribution is 5.91. The standard InChI is InChI=1S/C23H30N2O3/c1-2-24-22(27)23(15-6-3-7-16-23)25-21(26)14-9-17-28-20-13-8-11-18-10-4-5-12-19(18)20/h4-5,8,10-13H,2-3,6-7,9,14-17H2,1H3,(H,24,27)(H,25,26). The summed E-state index contributed by atoms with van der Waals surface area (Å²) in [7, 11) is 0. The molecule has 1 fully saturated rings. The van der Waals surface area contributed by atoms with Crippen molar-refractivity contribution in [2.75, 3.05) is 13.2 Å². The zero-order valence-electron chi connectivity index (χ0n) is 16.6. The maximum atomic E-state index is 12.5. The lowest BCUT2D eigenvalue weighted by molar-refractivity contribution is -0.135. The minimum atomic E-state index is -0.734. The van der Waals surface area contributed by atoms with E-state index < -0.39 is 5.54 Å². The molecule has 5 heteroatoms. The summed E-state index contributed by atoms with van der Waals surface area (Å²) in [5.41, 5.74) is -0.734. The number of amides is 2. The summed E-state index contributed by atoms with van der Waals surface area (Å²) in [6, 6.07) is 14.1. The lowest BCUT2D eigenvalue weighted by Crippen LogP contribution is -2.59. The van der Waals surface area contributed by atoms with Crippen LogP contribution < -0.4 is 15.4 Å². The average Bonchev–Trinajstić information content (AvgIpc) is 2.72. The predicted octanol–water partition coefficient (Wildman–Crippen LogP) is 3.95. The molecule has 3 rings (SSSR count). The van der Waals surface area contributed by atoms with Gasteiger partial charge < -0.3 is 15.4 Å². The Labute approximate surface area is 166 Å². The molecule has 0 atom stereocenters. The molecular weight excluding hydrogens is 352 g/mol. The molecule has 150 valence electrons. The van der Waals surface area contributed by atoms with E-state index >= 15 is 0 Å². The summed E-state index contributed by atoms with van der Waals surface area (Å²) in [4.78, 5) is 25.0. The van der Waals surface area contributed by atoms with Gasteiger partial charge in [0.2, 0.25) is 11.8 Å². The van der Waals surface area contributed by atoms with Gasteiger partial charge in [-0.1, -0.05) is 55.7 Å². The van der Waals surface area contributed by atoms with Gasteiger partial charge in [-0.2, -0.15) is 0 Å². The maximum absolute atomic E-state index is 12.5. The third kappa shape index (κ3) is 4.83. The number of nitrogens with one attached hydrogen (secondary N) is 2. The highest BCUT2D eigenvalue weighted by Crippen LogP contribution is 2.29. The van der Waals surface area contributed by atoms with E-state index in [2.05, 4.69) is 22.8 Å². The van der Waals surface area contributed by atoms with Crippen LogP contribution >= 0.6 is 0 Å². The van der Waals surface area contributed by atoms with E-state index in [4.69, 9.17) is 4.74 Å². The van der Waals surface area contributed by atoms with Gasteiger partial charge >= 0.3 is 0 Å². The lowest BCUT2D eigenvalue weighted by atomic mass is 9.80. The van der Waals surface area contributed by atoms with Crippen LogP contribution in [0.3, 0.4) is 0 Å². The second-order valence-corrected chi connectivity index (χ2v) is 7.48. The van der Waals surface area contributed by atoms with Crippen molar-refractivity contribution in [3.63, 3.8) is 0 Å². The van der Waals surface area contributed by atoms with Gasteiger partial charge in [-0.25, -0.2) is 0 Å². The van der Waals surface area contributed by atoms with E-state index in [-0.39, 0.29) is 11.8 Å². The molecule has 0 saturated heterocycles. The fourth-order valence-corrected chi connectivity index (χ4v) is 3.96. The molecule has 0 unspecified atom stereocenters. The number of hydrogen-bond donors (Lipinski definition) is 2. The Morgan fingerprint density at radius 3 is 2.57 bits per heavy atom. The van der Waals surface area contributed by atoms with Gasteiger partial charge in [-0.15, -0.1) is 0 Å². The number of likely N-dealkylation sites (N-methyl/N-ethyl adjacent to an activating group) is 1. The van der Waals surface area contributed by atoms with Gasteiger partial charge in [-0.3, -0.25) is 9.59 Å². The number of carbonyl (C=O) groups excluding carboxylic acids is 2. The normalized spacial score (nSPS) is 15.8. The quantitative estimate of drug-likeness (QED) is 0.679. The molecule has 2 N–H and O–H groups in total. The van der Waals surface area contributed by atoms with Crippen molar-refractivity contribution in [3.05, 3.63) is 42.5 Å². The second-order valence-electron chi connectivity index (χ2n) is 7.48. The SMILES string of the molecule is CCNC(=O)C1(NC(=O)CCCOc2cccc3ccccc23)CCCCC1. The lowest BCUT2D eigenvalue weighted by Gasteiger charge is -2.36. The molecule has 0 aromatic heterocycles. The van der Waals surface area contributed by atoms with E-state index in [1.807, 2.05) is 37.3 Å². The third-order valence-electron chi connectivity index (χ3n) is 5.41. The molecule has 0 bridgehead atoms. The molecular formula is C23H30N2O3. The summed E-state index contributed by atoms with van der Waals surface area (Å²) in [5.74, 6) is 0.717. The highest BCUT2D eigenvalue weighted by atomic mass is 16.5. The molecule has 1 saturated carbocycles. The Balaban J connectivity index is 1.51. The Bertz CT molecular complexity index is 807. The van der Waals surface area contributed by atoms with Crippen LogP contribution in [-0.4, -0.2) is 30.5 Å². The van der Waals surface area contributed by atoms with Crippen LogP contribution in [-0.2, 0) is 9.59 Å². The number of hydrogen-bond acceptors (Lipinski definition) is 3. The predicted molar refractivity (Wildman–Crippen MR) is 111 cm³/mol. The summed E-state index contributed by atoms with van der Waals surface area (Å²) >= 11 is 0. The van der Waals surface area contributed by atoms with Crippen LogP contribution in [0.5, 0.6) is 5.75 Å². The largest absolute Gasteiger partial charge is 0.493 e. The van der Waals surface area contributed by atoms with Crippen LogP contribution in [0.4, 0.5) is 0 Å². The maximum Gasteiger partial charge on any atom is 0.245 e. The van der Waals surface area contributed by atoms with Crippen LogP contribution in [0.1, 0.15) is 51.9 Å². The van der Waals surface area contributed by atoms with Crippen LogP contribution in [0.15, 0.2) is 42.5 Å². The average molecular weight is 383 g/mol. The number of rotatable bonds is 8. The van der Waals surface area contributed by atoms with Crippen LogP contribution in [0, 0.1) is 0 Å². The molecule has 28 heavy (non-hydrogen) atoms. The minimum Gasteiger partial charge on any atom is -0.493 e. The van der Waals surface area contributed by atoms with E-state index in [9.17, 15) is 9.59 Å². The topological polar surface area (TPSA) is 67.4 Å². The highest BCUT2D eigenvalue weighted by Gasteiger charge is 2.40. The number of ether oxygens (including phenoxy) is 1. The molecule has 5 nitrogen and oxygen atoms in total. The van der Waals surface area contributed by atoms with Crippen molar-refractivity contribution in [1.82, 2.24) is 10.6 Å². The molecule has 0 spiro atoms. The number of carbonyl (C=O) groups is 2. The summed E-state index contributed by atoms with van der Waals surface area (Å²) < 4.78 is 5.91. The van der Waals surface area contributed by atoms with Gasteiger partial charge in [-0.05, 0) is 37.6 Å². The van der Waals surface area contributed by atoms with Gasteiger partial charge in [0, 0.05) is 18.4 Å². The van der Waals surface area contributed by atoms with Crippen molar-refractivity contribution in [3.8, 4) is 5.75 Å². The molecule has 1 aliphatic rings. The second kappa shape index (κ2) is 9.58. The van der Waals surface area contributed by atoms with Gasteiger partial charge in [0.1, 0.15) is 11.3 Å². The van der Waals surface area contributed by atoms with Crippen LogP contribution in [0.2, 0.25) is 0 Å². The minimum absolute atomic E-state index is 0.0462. The van der Waals surface area contributed by atoms with Crippen molar-refractivity contribution in [2.24, 2.45) is 0 Å². The Morgan fingerprint density at radius 2 is 1.79 bits per heavy atom. The van der Waals surface area contributed by atoms with Crippen molar-refractivity contribution >= 4 is 22.6 Å². The monoisotopic (exact) mass is 382 g/mol. The molecule has 0 radical (unpaired) electrons. The molecule has 2 amide bonds. The van der Waals surface area contributed by atoms with Gasteiger partial charge in [0.05, 0.1) is 6.61 Å². The van der Waals surface area contributed by atoms with E-state index in [1.54, 1.807) is 0 Å². The Hall–Kier alpha value is -2.56. The third-order valence-corrected chi connectivity index (χ3v) is 5.41. The number of benzene rings is 2. The Kier molecular flexibility index (Phi) is 6.90. The molecule has 2 aromatic carbocycles. The van der Waals surface area contributed by atoms with Crippen molar-refractivity contribution in [1.29, 1.82) is 0 Å². The summed E-state index contributed by atoms with van der Waals surface area (Å²) in [6.07, 6.45) is 5.47. The smallest absolute Gasteiger partial charge is 0.245 e. The fourth-order valence-electron chi connectivity index (χ4n) is 3.96. The first-order valence-electron chi connectivity index (χ1n) is 10.3. The first-order valence-corrected chi connectivity index (χ1v) is 10.3. The van der Waals surface area contributed by atoms with Gasteiger partial charge in [0.25, 0.3) is 0 Å². The molecule has 0 aliphatic heterocycles.